The quantitative estimate of drug-likeness (QED) is 0.0498. The molecule has 0 aliphatic carbocycles. The third-order valence-corrected chi connectivity index (χ3v) is 26.3. The van der Waals surface area contributed by atoms with E-state index >= 15 is 0 Å². The van der Waals surface area contributed by atoms with Crippen molar-refractivity contribution in [3.63, 3.8) is 0 Å². The van der Waals surface area contributed by atoms with Gasteiger partial charge in [0.05, 0.1) is 130 Å². The van der Waals surface area contributed by atoms with Crippen LogP contribution in [0.15, 0.2) is 231 Å². The van der Waals surface area contributed by atoms with E-state index in [4.69, 9.17) is 47.9 Å². The number of nitrogens with one attached hydrogen (secondary N) is 5. The van der Waals surface area contributed by atoms with E-state index in [0.717, 1.165) is 162 Å². The van der Waals surface area contributed by atoms with Crippen molar-refractivity contribution in [1.29, 1.82) is 0 Å². The molecule has 5 N–H and O–H groups in total. The van der Waals surface area contributed by atoms with Crippen molar-refractivity contribution < 1.29 is 77.4 Å². The largest absolute Gasteiger partial charge is 0.496 e. The maximum Gasteiger partial charge on any atom is 0.419 e. The van der Waals surface area contributed by atoms with E-state index < -0.39 is 35.2 Å². The highest BCUT2D eigenvalue weighted by Gasteiger charge is 2.39. The van der Waals surface area contributed by atoms with E-state index in [1.54, 1.807) is 99.3 Å². The first-order valence-electron chi connectivity index (χ1n) is 47.5. The predicted molar refractivity (Wildman–Crippen MR) is 544 cm³/mol. The van der Waals surface area contributed by atoms with Gasteiger partial charge in [0, 0.05) is 224 Å². The summed E-state index contributed by atoms with van der Waals surface area (Å²) in [5, 5.41) is 17.0. The Morgan fingerprint density at radius 1 is 0.279 bits per heavy atom. The van der Waals surface area contributed by atoms with Crippen molar-refractivity contribution >= 4 is 56.7 Å². The molecule has 6 aliphatic heterocycles. The minimum Gasteiger partial charge on any atom is -0.496 e. The van der Waals surface area contributed by atoms with E-state index in [2.05, 4.69) is 85.9 Å². The Bertz CT molecular complexity index is 7490. The van der Waals surface area contributed by atoms with Gasteiger partial charge in [0.1, 0.15) is 39.8 Å². The second-order valence-corrected chi connectivity index (χ2v) is 35.8. The molecule has 6 saturated heterocycles. The van der Waals surface area contributed by atoms with Gasteiger partial charge >= 0.3 is 18.5 Å². The molecule has 16 heterocycles. The molecule has 10 aromatic heterocycles. The molecule has 42 heteroatoms. The number of methoxy groups -OCH3 is 8. The Morgan fingerprint density at radius 2 is 0.558 bits per heavy atom. The summed E-state index contributed by atoms with van der Waals surface area (Å²) < 4.78 is 169. The zero-order chi connectivity index (χ0) is 104. The van der Waals surface area contributed by atoms with E-state index in [-0.39, 0.29) is 78.8 Å². The number of nitrogens with zero attached hydrogens (tertiary/aromatic N) is 15. The van der Waals surface area contributed by atoms with Gasteiger partial charge in [-0.15, -0.1) is 0 Å². The maximum atomic E-state index is 13.3. The molecule has 2 bridgehead atoms. The number of anilines is 5. The lowest BCUT2D eigenvalue weighted by Gasteiger charge is -2.34. The van der Waals surface area contributed by atoms with Crippen LogP contribution in [-0.2, 0) is 18.5 Å². The SMILES string of the molecule is COc1ccc(-c2cc(=O)n3cc(N4CC5CCC(C4)N5)ccc3n2)cc1OC.COc1ccc(-c2cc(=O)n3cc(N4CCNCC4)cc(OC)c3n2)cc1OC.COc1ccc(-c2cc(=O)n3cc(N4CCNCC4)ccc3n2)cc1C(F)(F)F.COc1ccc(-c2cc(=O)n3cc(N4CCN[C@@H](C)C4)ccc3n2)cc1C(F)(F)F.COc1ccc(-c2cc(=O)n3cc(N4CCN[C@H](C)C4)ccc3n2)cc1C(F)(F)F. The molecule has 147 heavy (non-hydrogen) atoms. The topological polar surface area (TPSA) is 322 Å². The van der Waals surface area contributed by atoms with Crippen LogP contribution in [0.2, 0.25) is 0 Å². The summed E-state index contributed by atoms with van der Waals surface area (Å²) >= 11 is 0. The Hall–Kier alpha value is -15.5. The fourth-order valence-corrected chi connectivity index (χ4v) is 18.8. The number of benzene rings is 5. The van der Waals surface area contributed by atoms with E-state index in [9.17, 15) is 63.5 Å². The third-order valence-electron chi connectivity index (χ3n) is 26.3. The average molecular weight is 2030 g/mol. The number of pyridine rings is 5. The summed E-state index contributed by atoms with van der Waals surface area (Å²) in [6.45, 7) is 18.1. The highest BCUT2D eigenvalue weighted by atomic mass is 19.4. The summed E-state index contributed by atoms with van der Waals surface area (Å²) in [5.74, 6) is 2.16. The van der Waals surface area contributed by atoms with Gasteiger partial charge < -0.3 is 89.0 Å². The number of piperazine rings is 5. The third kappa shape index (κ3) is 23.2. The lowest BCUT2D eigenvalue weighted by Crippen LogP contribution is -2.51. The van der Waals surface area contributed by atoms with Gasteiger partial charge in [-0.25, -0.2) is 24.9 Å². The lowest BCUT2D eigenvalue weighted by molar-refractivity contribution is -0.139. The van der Waals surface area contributed by atoms with E-state index in [1.807, 2.05) is 67.0 Å². The normalized spacial score (nSPS) is 16.9. The first-order chi connectivity index (χ1) is 70.7. The first-order valence-corrected chi connectivity index (χ1v) is 47.5. The monoisotopic (exact) mass is 2030 g/mol. The van der Waals surface area contributed by atoms with Crippen LogP contribution < -0.4 is 117 Å². The molecule has 21 rings (SSSR count). The summed E-state index contributed by atoms with van der Waals surface area (Å²) in [6, 6.07) is 47.2. The number of hydrogen-bond acceptors (Lipinski definition) is 28. The molecule has 4 atom stereocenters. The number of aromatic nitrogens is 10. The molecule has 15 aromatic rings. The van der Waals surface area contributed by atoms with Crippen LogP contribution in [0.3, 0.4) is 0 Å². The van der Waals surface area contributed by atoms with Crippen LogP contribution in [0, 0.1) is 0 Å². The van der Waals surface area contributed by atoms with Gasteiger partial charge in [-0.3, -0.25) is 46.0 Å². The molecular weight excluding hydrogens is 1920 g/mol. The number of fused-ring (bicyclic) bond motifs is 7. The second kappa shape index (κ2) is 44.2. The van der Waals surface area contributed by atoms with Crippen molar-refractivity contribution in [3.8, 4) is 102 Å². The van der Waals surface area contributed by atoms with Gasteiger partial charge in [0.15, 0.2) is 34.4 Å². The molecule has 6 aliphatic rings. The van der Waals surface area contributed by atoms with Crippen LogP contribution in [-0.4, -0.2) is 233 Å². The Morgan fingerprint density at radius 3 is 0.878 bits per heavy atom. The number of alkyl halides is 9. The molecule has 770 valence electrons. The minimum absolute atomic E-state index is 0.0975. The molecule has 0 radical (unpaired) electrons. The van der Waals surface area contributed by atoms with Gasteiger partial charge in [0.2, 0.25) is 0 Å². The number of hydrogen-bond donors (Lipinski definition) is 5. The van der Waals surface area contributed by atoms with Gasteiger partial charge in [-0.1, -0.05) is 0 Å². The van der Waals surface area contributed by atoms with Gasteiger partial charge in [-0.2, -0.15) is 39.5 Å². The van der Waals surface area contributed by atoms with Crippen molar-refractivity contribution in [2.24, 2.45) is 0 Å². The smallest absolute Gasteiger partial charge is 0.419 e. The Labute approximate surface area is 836 Å². The van der Waals surface area contributed by atoms with E-state index in [0.29, 0.717) is 92.5 Å². The number of ether oxygens (including phenoxy) is 8. The average Bonchev–Trinajstić information content (AvgIpc) is 1.28. The first kappa shape index (κ1) is 103. The maximum absolute atomic E-state index is 13.3. The van der Waals surface area contributed by atoms with Crippen molar-refractivity contribution in [1.82, 2.24) is 73.5 Å². The molecule has 0 amide bonds. The standard InChI is InChI=1S/C22H24N4O3.2C21H21F3N4O2.C21H24N4O4.C20H19F3N4O2/c1-28-19-7-3-14(9-20(19)29-2)18-10-22(27)26-13-17(6-8-21(26)24-18)25-11-15-4-5-16(12-25)23-15;2*1-13-11-27(8-7-25-13)15-4-6-19-26-17(10-20(29)28(19)12-15)14-3-5-18(30-2)16(9-14)21(22,23)24;1-27-17-5-4-14(10-18(17)28-2)16-12-20(26)25-13-15(24-8-6-22-7-9-24)11-19(29-3)21(25)23-16;1-29-17-4-2-13(10-15(17)20(21,22)23)16-11-19(28)27-12-14(3-5-18(27)25-16)26-8-6-24-7-9-26/h3,6-10,13,15-16,23H,4-5,11-12H2,1-2H3;2*3-6,9-10,12-13,25H,7-8,11H2,1-2H3;4-5,10-13,22H,6-9H2,1-3H3;2-5,10-12,24H,6-9H2,1H3/t;2*13-;;/m.10../s1. The fourth-order valence-electron chi connectivity index (χ4n) is 18.8. The van der Waals surface area contributed by atoms with Crippen LogP contribution in [0.5, 0.6) is 46.0 Å². The van der Waals surface area contributed by atoms with Crippen molar-refractivity contribution in [2.75, 3.05) is 186 Å². The highest BCUT2D eigenvalue weighted by molar-refractivity contribution is 5.73. The van der Waals surface area contributed by atoms with Crippen LogP contribution in [0.1, 0.15) is 43.4 Å². The van der Waals surface area contributed by atoms with Gasteiger partial charge in [-0.05, 0) is 166 Å². The molecule has 33 nitrogen and oxygen atoms in total. The van der Waals surface area contributed by atoms with Crippen LogP contribution >= 0.6 is 0 Å². The summed E-state index contributed by atoms with van der Waals surface area (Å²) in [7, 11) is 11.5. The molecule has 0 saturated carbocycles. The zero-order valence-electron chi connectivity index (χ0n) is 82.1. The lowest BCUT2D eigenvalue weighted by atomic mass is 10.1. The summed E-state index contributed by atoms with van der Waals surface area (Å²) in [6.07, 6.45) is -2.38. The molecule has 2 unspecified atom stereocenters. The summed E-state index contributed by atoms with van der Waals surface area (Å²) in [5.41, 5.74) is 6.72. The Kier molecular flexibility index (Phi) is 30.9. The molecular formula is C105H109F9N20O13. The molecule has 5 aromatic carbocycles. The van der Waals surface area contributed by atoms with E-state index in [1.165, 1.54) is 108 Å². The highest BCUT2D eigenvalue weighted by Crippen LogP contribution is 2.44. The van der Waals surface area contributed by atoms with Crippen molar-refractivity contribution in [2.45, 2.75) is 69.4 Å². The molecule has 0 spiro atoms. The van der Waals surface area contributed by atoms with Crippen LogP contribution in [0.25, 0.3) is 84.5 Å². The summed E-state index contributed by atoms with van der Waals surface area (Å²) in [4.78, 5) is 97.6. The zero-order valence-corrected chi connectivity index (χ0v) is 82.1. The number of rotatable bonds is 18. The predicted octanol–water partition coefficient (Wildman–Crippen LogP) is 13.3. The van der Waals surface area contributed by atoms with Crippen LogP contribution in [0.4, 0.5) is 68.0 Å². The number of halogens is 9. The van der Waals surface area contributed by atoms with Crippen molar-refractivity contribution in [3.05, 3.63) is 275 Å². The minimum atomic E-state index is -4.58. The second-order valence-electron chi connectivity index (χ2n) is 35.8. The van der Waals surface area contributed by atoms with Gasteiger partial charge in [0.25, 0.3) is 27.8 Å². The Balaban J connectivity index is 0.000000126. The fraction of sp³-hybridized carbons (Fsp3) is 0.333. The molecule has 6 fully saturated rings.